The van der Waals surface area contributed by atoms with Crippen LogP contribution in [-0.2, 0) is 6.54 Å². The minimum atomic E-state index is 0.214. The number of rotatable bonds is 1. The highest BCUT2D eigenvalue weighted by Crippen LogP contribution is 2.38. The van der Waals surface area contributed by atoms with E-state index >= 15 is 0 Å². The van der Waals surface area contributed by atoms with Crippen LogP contribution in [0.25, 0.3) is 0 Å². The lowest BCUT2D eigenvalue weighted by Crippen LogP contribution is -2.34. The number of hydrogen-bond acceptors (Lipinski definition) is 2. The molecule has 1 heterocycles. The molecule has 98 valence electrons. The summed E-state index contributed by atoms with van der Waals surface area (Å²) in [5, 5.41) is 3.62. The first-order chi connectivity index (χ1) is 9.15. The van der Waals surface area contributed by atoms with E-state index in [9.17, 15) is 0 Å². The lowest BCUT2D eigenvalue weighted by atomic mass is 10.1. The number of anilines is 1. The molecule has 0 aromatic heterocycles. The first-order valence-electron chi connectivity index (χ1n) is 6.15. The molecule has 0 saturated carbocycles. The molecule has 3 rings (SSSR count). The first kappa shape index (κ1) is 13.2. The summed E-state index contributed by atoms with van der Waals surface area (Å²) in [6.45, 7) is 0.930. The second-order valence-corrected chi connectivity index (χ2v) is 6.56. The van der Waals surface area contributed by atoms with E-state index in [1.165, 1.54) is 16.8 Å². The summed E-state index contributed by atoms with van der Waals surface area (Å²) in [6.07, 6.45) is 0.214. The maximum absolute atomic E-state index is 3.64. The molecule has 0 saturated heterocycles. The van der Waals surface area contributed by atoms with Crippen LogP contribution in [0.4, 0.5) is 5.69 Å². The third kappa shape index (κ3) is 2.57. The lowest BCUT2D eigenvalue weighted by Gasteiger charge is -2.36. The van der Waals surface area contributed by atoms with Crippen LogP contribution in [-0.4, -0.2) is 11.9 Å². The molecule has 1 N–H and O–H groups in total. The Labute approximate surface area is 130 Å². The van der Waals surface area contributed by atoms with Gasteiger partial charge in [-0.2, -0.15) is 0 Å². The summed E-state index contributed by atoms with van der Waals surface area (Å²) in [6, 6.07) is 14.8. The summed E-state index contributed by atoms with van der Waals surface area (Å²) >= 11 is 7.19. The van der Waals surface area contributed by atoms with E-state index in [0.717, 1.165) is 15.5 Å². The molecule has 4 heteroatoms. The van der Waals surface area contributed by atoms with E-state index in [1.54, 1.807) is 0 Å². The third-order valence-electron chi connectivity index (χ3n) is 3.39. The average Bonchev–Trinajstić information content (AvgIpc) is 2.38. The Morgan fingerprint density at radius 2 is 1.89 bits per heavy atom. The van der Waals surface area contributed by atoms with Crippen LogP contribution in [0, 0.1) is 0 Å². The molecule has 2 aromatic rings. The molecular formula is C15H14Br2N2. The number of hydrogen-bond donors (Lipinski definition) is 1. The number of nitrogens with zero attached hydrogens (tertiary/aromatic N) is 1. The van der Waals surface area contributed by atoms with Gasteiger partial charge in [0.1, 0.15) is 6.17 Å². The summed E-state index contributed by atoms with van der Waals surface area (Å²) in [4.78, 5) is 2.32. The van der Waals surface area contributed by atoms with Crippen molar-refractivity contribution in [2.75, 3.05) is 12.4 Å². The fourth-order valence-electron chi connectivity index (χ4n) is 2.49. The Morgan fingerprint density at radius 1 is 1.16 bits per heavy atom. The zero-order valence-corrected chi connectivity index (χ0v) is 13.7. The standard InChI is InChI=1S/C15H14Br2N2/c1-19-9-11-7-12(16)8-13(17)14(11)18-15(19)10-5-3-2-4-6-10/h2-8,15,18H,9H2,1H3. The van der Waals surface area contributed by atoms with Gasteiger partial charge in [0.2, 0.25) is 0 Å². The summed E-state index contributed by atoms with van der Waals surface area (Å²) in [5.41, 5.74) is 3.77. The van der Waals surface area contributed by atoms with Crippen LogP contribution in [0.2, 0.25) is 0 Å². The molecule has 1 atom stereocenters. The molecule has 0 spiro atoms. The van der Waals surface area contributed by atoms with Crippen LogP contribution in [0.5, 0.6) is 0 Å². The van der Waals surface area contributed by atoms with Crippen molar-refractivity contribution in [1.82, 2.24) is 4.90 Å². The smallest absolute Gasteiger partial charge is 0.106 e. The van der Waals surface area contributed by atoms with Crippen molar-refractivity contribution in [3.63, 3.8) is 0 Å². The van der Waals surface area contributed by atoms with Gasteiger partial charge in [-0.1, -0.05) is 46.3 Å². The summed E-state index contributed by atoms with van der Waals surface area (Å²) in [7, 11) is 2.14. The second kappa shape index (κ2) is 5.27. The number of fused-ring (bicyclic) bond motifs is 1. The fraction of sp³-hybridized carbons (Fsp3) is 0.200. The van der Waals surface area contributed by atoms with Gasteiger partial charge >= 0.3 is 0 Å². The van der Waals surface area contributed by atoms with Crippen molar-refractivity contribution in [1.29, 1.82) is 0 Å². The third-order valence-corrected chi connectivity index (χ3v) is 4.48. The highest BCUT2D eigenvalue weighted by molar-refractivity contribution is 9.11. The van der Waals surface area contributed by atoms with Crippen molar-refractivity contribution in [3.8, 4) is 0 Å². The Bertz CT molecular complexity index is 599. The number of nitrogens with one attached hydrogen (secondary N) is 1. The summed E-state index contributed by atoms with van der Waals surface area (Å²) in [5.74, 6) is 0. The SMILES string of the molecule is CN1Cc2cc(Br)cc(Br)c2NC1c1ccccc1. The molecule has 0 fully saturated rings. The Balaban J connectivity index is 2.00. The lowest BCUT2D eigenvalue weighted by molar-refractivity contribution is 0.249. The van der Waals surface area contributed by atoms with Crippen LogP contribution in [0.15, 0.2) is 51.4 Å². The van der Waals surface area contributed by atoms with Gasteiger partial charge in [-0.25, -0.2) is 0 Å². The van der Waals surface area contributed by atoms with Gasteiger partial charge in [0.05, 0.1) is 5.69 Å². The highest BCUT2D eigenvalue weighted by atomic mass is 79.9. The molecule has 1 unspecified atom stereocenters. The van der Waals surface area contributed by atoms with Crippen LogP contribution >= 0.6 is 31.9 Å². The average molecular weight is 382 g/mol. The molecule has 0 aliphatic carbocycles. The van der Waals surface area contributed by atoms with Crippen LogP contribution in [0.3, 0.4) is 0 Å². The quantitative estimate of drug-likeness (QED) is 0.765. The Morgan fingerprint density at radius 3 is 2.63 bits per heavy atom. The normalized spacial score (nSPS) is 18.8. The zero-order valence-electron chi connectivity index (χ0n) is 10.5. The Kier molecular flexibility index (Phi) is 3.65. The Hall–Kier alpha value is -0.840. The highest BCUT2D eigenvalue weighted by Gasteiger charge is 2.25. The fourth-order valence-corrected chi connectivity index (χ4v) is 3.92. The van der Waals surface area contributed by atoms with E-state index in [4.69, 9.17) is 0 Å². The minimum Gasteiger partial charge on any atom is -0.365 e. The predicted octanol–water partition coefficient (Wildman–Crippen LogP) is 4.77. The maximum Gasteiger partial charge on any atom is 0.106 e. The topological polar surface area (TPSA) is 15.3 Å². The van der Waals surface area contributed by atoms with E-state index in [1.807, 2.05) is 6.07 Å². The van der Waals surface area contributed by atoms with Crippen LogP contribution in [0.1, 0.15) is 17.3 Å². The molecular weight excluding hydrogens is 368 g/mol. The van der Waals surface area contributed by atoms with Crippen molar-refractivity contribution < 1.29 is 0 Å². The van der Waals surface area contributed by atoms with Crippen molar-refractivity contribution in [3.05, 3.63) is 62.5 Å². The largest absolute Gasteiger partial charge is 0.365 e. The van der Waals surface area contributed by atoms with Gasteiger partial charge in [0.15, 0.2) is 0 Å². The molecule has 1 aliphatic heterocycles. The van der Waals surface area contributed by atoms with E-state index in [2.05, 4.69) is 85.5 Å². The van der Waals surface area contributed by atoms with E-state index < -0.39 is 0 Å². The molecule has 0 radical (unpaired) electrons. The van der Waals surface area contributed by atoms with Gasteiger partial charge in [0.25, 0.3) is 0 Å². The van der Waals surface area contributed by atoms with Gasteiger partial charge < -0.3 is 5.32 Å². The minimum absolute atomic E-state index is 0.214. The number of halogens is 2. The van der Waals surface area contributed by atoms with Crippen molar-refractivity contribution in [2.24, 2.45) is 0 Å². The second-order valence-electron chi connectivity index (χ2n) is 4.79. The number of benzene rings is 2. The van der Waals surface area contributed by atoms with Crippen molar-refractivity contribution >= 4 is 37.5 Å². The summed E-state index contributed by atoms with van der Waals surface area (Å²) < 4.78 is 2.21. The molecule has 19 heavy (non-hydrogen) atoms. The molecule has 0 bridgehead atoms. The predicted molar refractivity (Wildman–Crippen MR) is 86.1 cm³/mol. The van der Waals surface area contributed by atoms with Crippen LogP contribution < -0.4 is 5.32 Å². The van der Waals surface area contributed by atoms with E-state index in [-0.39, 0.29) is 6.17 Å². The molecule has 2 nitrogen and oxygen atoms in total. The molecule has 1 aliphatic rings. The van der Waals surface area contributed by atoms with E-state index in [0.29, 0.717) is 0 Å². The molecule has 2 aromatic carbocycles. The van der Waals surface area contributed by atoms with Gasteiger partial charge in [0, 0.05) is 15.5 Å². The maximum atomic E-state index is 3.64. The first-order valence-corrected chi connectivity index (χ1v) is 7.73. The van der Waals surface area contributed by atoms with Crippen molar-refractivity contribution in [2.45, 2.75) is 12.7 Å². The van der Waals surface area contributed by atoms with Gasteiger partial charge in [-0.3, -0.25) is 4.90 Å². The monoisotopic (exact) mass is 380 g/mol. The van der Waals surface area contributed by atoms with Gasteiger partial charge in [-0.05, 0) is 46.2 Å². The zero-order chi connectivity index (χ0) is 13.4. The molecule has 0 amide bonds. The van der Waals surface area contributed by atoms with Gasteiger partial charge in [-0.15, -0.1) is 0 Å².